The summed E-state index contributed by atoms with van der Waals surface area (Å²) in [5.74, 6) is -1.52. The van der Waals surface area contributed by atoms with E-state index in [0.717, 1.165) is 0 Å². The fraction of sp³-hybridized carbons (Fsp3) is 0.357. The summed E-state index contributed by atoms with van der Waals surface area (Å²) >= 11 is 0. The maximum atomic E-state index is 11.9. The molecule has 1 aromatic heterocycles. The van der Waals surface area contributed by atoms with E-state index < -0.39 is 11.7 Å². The number of oxazole rings is 1. The van der Waals surface area contributed by atoms with Crippen LogP contribution in [0.2, 0.25) is 0 Å². The van der Waals surface area contributed by atoms with Crippen LogP contribution in [0.3, 0.4) is 0 Å². The Balaban J connectivity index is 2.21. The number of aliphatic carboxylic acids is 1. The van der Waals surface area contributed by atoms with Gasteiger partial charge < -0.3 is 9.52 Å². The number of carboxylic acids is 1. The molecule has 106 valence electrons. The van der Waals surface area contributed by atoms with Gasteiger partial charge in [0.05, 0.1) is 5.52 Å². The molecule has 0 saturated heterocycles. The molecule has 0 unspecified atom stereocenters. The van der Waals surface area contributed by atoms with E-state index in [1.807, 2.05) is 6.92 Å². The van der Waals surface area contributed by atoms with E-state index in [2.05, 4.69) is 0 Å². The number of benzene rings is 1. The molecule has 0 atom stereocenters. The van der Waals surface area contributed by atoms with Gasteiger partial charge in [0.25, 0.3) is 0 Å². The molecule has 6 heteroatoms. The molecule has 0 saturated carbocycles. The van der Waals surface area contributed by atoms with Gasteiger partial charge >= 0.3 is 11.7 Å². The van der Waals surface area contributed by atoms with Crippen molar-refractivity contribution in [2.45, 2.75) is 32.7 Å². The van der Waals surface area contributed by atoms with Crippen molar-refractivity contribution in [1.29, 1.82) is 0 Å². The number of hydrogen-bond acceptors (Lipinski definition) is 4. The van der Waals surface area contributed by atoms with Crippen molar-refractivity contribution in [2.24, 2.45) is 0 Å². The standard InChI is InChI=1S/C14H15NO5/c1-2-15-10-7-6-9(8-12(10)20-14(15)19)11(16)4-3-5-13(17)18/h6-8H,2-5H2,1H3,(H,17,18). The monoisotopic (exact) mass is 277 g/mol. The number of rotatable bonds is 6. The normalized spacial score (nSPS) is 10.8. The number of fused-ring (bicyclic) bond motifs is 1. The summed E-state index contributed by atoms with van der Waals surface area (Å²) in [6.45, 7) is 2.33. The zero-order valence-electron chi connectivity index (χ0n) is 11.1. The van der Waals surface area contributed by atoms with Crippen molar-refractivity contribution < 1.29 is 19.1 Å². The summed E-state index contributed by atoms with van der Waals surface area (Å²) in [6, 6.07) is 4.84. The number of aryl methyl sites for hydroxylation is 1. The zero-order chi connectivity index (χ0) is 14.7. The van der Waals surface area contributed by atoms with Gasteiger partial charge in [0.2, 0.25) is 0 Å². The van der Waals surface area contributed by atoms with Gasteiger partial charge in [-0.2, -0.15) is 0 Å². The van der Waals surface area contributed by atoms with E-state index in [0.29, 0.717) is 29.6 Å². The molecule has 0 aliphatic heterocycles. The molecule has 2 aromatic rings. The van der Waals surface area contributed by atoms with E-state index >= 15 is 0 Å². The molecule has 20 heavy (non-hydrogen) atoms. The number of carbonyl (C=O) groups excluding carboxylic acids is 1. The first kappa shape index (κ1) is 14.0. The Hall–Kier alpha value is -2.37. The molecule has 1 heterocycles. The first-order valence-electron chi connectivity index (χ1n) is 6.41. The highest BCUT2D eigenvalue weighted by Crippen LogP contribution is 2.17. The molecule has 0 aliphatic carbocycles. The molecule has 6 nitrogen and oxygen atoms in total. The van der Waals surface area contributed by atoms with Crippen LogP contribution in [-0.4, -0.2) is 21.4 Å². The number of aromatic nitrogens is 1. The SMILES string of the molecule is CCn1c(=O)oc2cc(C(=O)CCCC(=O)O)ccc21. The van der Waals surface area contributed by atoms with Gasteiger partial charge in [0.1, 0.15) is 0 Å². The Bertz CT molecular complexity index is 710. The summed E-state index contributed by atoms with van der Waals surface area (Å²) < 4.78 is 6.56. The fourth-order valence-corrected chi connectivity index (χ4v) is 2.08. The van der Waals surface area contributed by atoms with Crippen LogP contribution in [0.5, 0.6) is 0 Å². The molecule has 0 amide bonds. The van der Waals surface area contributed by atoms with E-state index in [1.54, 1.807) is 12.1 Å². The smallest absolute Gasteiger partial charge is 0.419 e. The third-order valence-corrected chi connectivity index (χ3v) is 3.10. The molecule has 0 aliphatic rings. The molecular weight excluding hydrogens is 262 g/mol. The summed E-state index contributed by atoms with van der Waals surface area (Å²) in [5, 5.41) is 8.53. The second-order valence-electron chi connectivity index (χ2n) is 4.47. The van der Waals surface area contributed by atoms with Crippen LogP contribution in [0.25, 0.3) is 11.1 Å². The molecular formula is C14H15NO5. The molecule has 0 spiro atoms. The van der Waals surface area contributed by atoms with Crippen molar-refractivity contribution >= 4 is 22.9 Å². The lowest BCUT2D eigenvalue weighted by Crippen LogP contribution is -2.11. The Morgan fingerprint density at radius 3 is 2.70 bits per heavy atom. The number of carbonyl (C=O) groups is 2. The minimum Gasteiger partial charge on any atom is -0.481 e. The van der Waals surface area contributed by atoms with E-state index in [4.69, 9.17) is 9.52 Å². The summed E-state index contributed by atoms with van der Waals surface area (Å²) in [6.07, 6.45) is 0.429. The van der Waals surface area contributed by atoms with Crippen LogP contribution in [0.15, 0.2) is 27.4 Å². The van der Waals surface area contributed by atoms with Crippen LogP contribution in [0, 0.1) is 0 Å². The third-order valence-electron chi connectivity index (χ3n) is 3.10. The van der Waals surface area contributed by atoms with Crippen molar-refractivity contribution in [2.75, 3.05) is 0 Å². The second kappa shape index (κ2) is 5.73. The second-order valence-corrected chi connectivity index (χ2v) is 4.47. The van der Waals surface area contributed by atoms with Crippen LogP contribution < -0.4 is 5.76 Å². The van der Waals surface area contributed by atoms with Crippen LogP contribution in [-0.2, 0) is 11.3 Å². The van der Waals surface area contributed by atoms with Crippen LogP contribution in [0.1, 0.15) is 36.5 Å². The summed E-state index contributed by atoms with van der Waals surface area (Å²) in [7, 11) is 0. The van der Waals surface area contributed by atoms with Crippen molar-refractivity contribution in [3.63, 3.8) is 0 Å². The van der Waals surface area contributed by atoms with Gasteiger partial charge in [-0.25, -0.2) is 4.79 Å². The maximum Gasteiger partial charge on any atom is 0.419 e. The number of ketones is 1. The van der Waals surface area contributed by atoms with Gasteiger partial charge in [0, 0.05) is 24.9 Å². The van der Waals surface area contributed by atoms with Gasteiger partial charge in [-0.1, -0.05) is 0 Å². The molecule has 0 radical (unpaired) electrons. The average Bonchev–Trinajstić information content (AvgIpc) is 2.72. The van der Waals surface area contributed by atoms with Gasteiger partial charge in [0.15, 0.2) is 11.4 Å². The number of Topliss-reactive ketones (excluding diaryl/α,β-unsaturated/α-hetero) is 1. The lowest BCUT2D eigenvalue weighted by atomic mass is 10.1. The van der Waals surface area contributed by atoms with Gasteiger partial charge in [-0.05, 0) is 31.5 Å². The zero-order valence-corrected chi connectivity index (χ0v) is 11.1. The molecule has 0 bridgehead atoms. The largest absolute Gasteiger partial charge is 0.481 e. The Labute approximate surface area is 114 Å². The molecule has 0 fully saturated rings. The quantitative estimate of drug-likeness (QED) is 0.816. The number of carboxylic acid groups (broad SMARTS) is 1. The van der Waals surface area contributed by atoms with E-state index in [1.165, 1.54) is 10.6 Å². The average molecular weight is 277 g/mol. The predicted molar refractivity (Wildman–Crippen MR) is 72.0 cm³/mol. The van der Waals surface area contributed by atoms with Crippen molar-refractivity contribution in [3.8, 4) is 0 Å². The topological polar surface area (TPSA) is 89.5 Å². The molecule has 2 rings (SSSR count). The highest BCUT2D eigenvalue weighted by atomic mass is 16.4. The van der Waals surface area contributed by atoms with Crippen LogP contribution in [0.4, 0.5) is 0 Å². The highest BCUT2D eigenvalue weighted by Gasteiger charge is 2.12. The molecule has 1 N–H and O–H groups in total. The lowest BCUT2D eigenvalue weighted by molar-refractivity contribution is -0.137. The lowest BCUT2D eigenvalue weighted by Gasteiger charge is -2.01. The van der Waals surface area contributed by atoms with Crippen molar-refractivity contribution in [3.05, 3.63) is 34.3 Å². The predicted octanol–water partition coefficient (Wildman–Crippen LogP) is 2.05. The van der Waals surface area contributed by atoms with Gasteiger partial charge in [-0.3, -0.25) is 14.2 Å². The van der Waals surface area contributed by atoms with Crippen LogP contribution >= 0.6 is 0 Å². The minimum absolute atomic E-state index is 0.0325. The number of nitrogens with zero attached hydrogens (tertiary/aromatic N) is 1. The fourth-order valence-electron chi connectivity index (χ4n) is 2.08. The van der Waals surface area contributed by atoms with Crippen molar-refractivity contribution in [1.82, 2.24) is 4.57 Å². The Kier molecular flexibility index (Phi) is 4.02. The van der Waals surface area contributed by atoms with E-state index in [9.17, 15) is 14.4 Å². The first-order chi connectivity index (χ1) is 9.52. The number of hydrogen-bond donors (Lipinski definition) is 1. The third kappa shape index (κ3) is 2.79. The molecule has 1 aromatic carbocycles. The van der Waals surface area contributed by atoms with E-state index in [-0.39, 0.29) is 18.6 Å². The first-order valence-corrected chi connectivity index (χ1v) is 6.41. The Morgan fingerprint density at radius 2 is 2.05 bits per heavy atom. The summed E-state index contributed by atoms with van der Waals surface area (Å²) in [5.41, 5.74) is 1.46. The highest BCUT2D eigenvalue weighted by molar-refractivity contribution is 5.98. The Morgan fingerprint density at radius 1 is 1.30 bits per heavy atom. The minimum atomic E-state index is -0.917. The summed E-state index contributed by atoms with van der Waals surface area (Å²) in [4.78, 5) is 33.9. The maximum absolute atomic E-state index is 11.9. The van der Waals surface area contributed by atoms with Gasteiger partial charge in [-0.15, -0.1) is 0 Å².